The average Bonchev–Trinajstić information content (AvgIpc) is 2.96. The van der Waals surface area contributed by atoms with E-state index in [-0.39, 0.29) is 5.91 Å². The van der Waals surface area contributed by atoms with Crippen molar-refractivity contribution in [1.82, 2.24) is 5.32 Å². The molecule has 1 amide bonds. The molecule has 2 bridgehead atoms. The summed E-state index contributed by atoms with van der Waals surface area (Å²) in [6, 6.07) is 6.80. The Morgan fingerprint density at radius 1 is 1.26 bits per heavy atom. The van der Waals surface area contributed by atoms with E-state index in [1.807, 2.05) is 0 Å². The van der Waals surface area contributed by atoms with Crippen LogP contribution in [0.4, 0.5) is 0 Å². The van der Waals surface area contributed by atoms with E-state index in [2.05, 4.69) is 37.4 Å². The Morgan fingerprint density at radius 2 is 2.11 bits per heavy atom. The predicted molar refractivity (Wildman–Crippen MR) is 77.0 cm³/mol. The highest BCUT2D eigenvalue weighted by atomic mass is 16.1. The third kappa shape index (κ3) is 2.68. The molecule has 2 heteroatoms. The Hall–Kier alpha value is -1.31. The summed E-state index contributed by atoms with van der Waals surface area (Å²) in [7, 11) is 0. The lowest BCUT2D eigenvalue weighted by molar-refractivity contribution is -0.121. The van der Waals surface area contributed by atoms with Gasteiger partial charge < -0.3 is 5.32 Å². The topological polar surface area (TPSA) is 29.1 Å². The van der Waals surface area contributed by atoms with Crippen LogP contribution < -0.4 is 5.32 Å². The maximum absolute atomic E-state index is 12.2. The number of amides is 1. The van der Waals surface area contributed by atoms with Crippen LogP contribution in [0.15, 0.2) is 18.2 Å². The van der Waals surface area contributed by atoms with Gasteiger partial charge in [0.25, 0.3) is 0 Å². The van der Waals surface area contributed by atoms with Crippen LogP contribution in [0.25, 0.3) is 0 Å². The number of rotatable bonds is 3. The van der Waals surface area contributed by atoms with Crippen LogP contribution in [0.2, 0.25) is 0 Å². The zero-order valence-electron chi connectivity index (χ0n) is 11.9. The van der Waals surface area contributed by atoms with Gasteiger partial charge in [-0.1, -0.05) is 30.2 Å². The van der Waals surface area contributed by atoms with Crippen molar-refractivity contribution in [3.63, 3.8) is 0 Å². The molecule has 2 aliphatic carbocycles. The largest absolute Gasteiger partial charge is 0.353 e. The highest BCUT2D eigenvalue weighted by Crippen LogP contribution is 2.44. The molecule has 0 spiro atoms. The Labute approximate surface area is 115 Å². The maximum atomic E-state index is 12.2. The summed E-state index contributed by atoms with van der Waals surface area (Å²) < 4.78 is 0. The van der Waals surface area contributed by atoms with Gasteiger partial charge >= 0.3 is 0 Å². The van der Waals surface area contributed by atoms with E-state index in [4.69, 9.17) is 0 Å². The third-order valence-corrected chi connectivity index (χ3v) is 4.94. The highest BCUT2D eigenvalue weighted by molar-refractivity contribution is 5.79. The van der Waals surface area contributed by atoms with Gasteiger partial charge in [-0.05, 0) is 56.1 Å². The van der Waals surface area contributed by atoms with E-state index < -0.39 is 0 Å². The Morgan fingerprint density at radius 3 is 2.79 bits per heavy atom. The first kappa shape index (κ1) is 12.7. The average molecular weight is 257 g/mol. The Balaban J connectivity index is 1.61. The quantitative estimate of drug-likeness (QED) is 0.885. The Kier molecular flexibility index (Phi) is 3.34. The van der Waals surface area contributed by atoms with Gasteiger partial charge in [-0.2, -0.15) is 0 Å². The molecular formula is C17H23NO. The Bertz CT molecular complexity index is 494. The minimum atomic E-state index is 0.200. The summed E-state index contributed by atoms with van der Waals surface area (Å²) >= 11 is 0. The monoisotopic (exact) mass is 257 g/mol. The second-order valence-electron chi connectivity index (χ2n) is 6.46. The zero-order chi connectivity index (χ0) is 13.4. The SMILES string of the molecule is Cc1ccc(C)c(CC(=O)N[C@H]2C[C@@H]3CC[C@@H]2C3)c1. The molecule has 0 aliphatic heterocycles. The van der Waals surface area contributed by atoms with Crippen molar-refractivity contribution < 1.29 is 4.79 Å². The van der Waals surface area contributed by atoms with Gasteiger partial charge in [0.2, 0.25) is 5.91 Å². The van der Waals surface area contributed by atoms with Gasteiger partial charge in [-0.25, -0.2) is 0 Å². The van der Waals surface area contributed by atoms with Gasteiger partial charge in [-0.3, -0.25) is 4.79 Å². The minimum absolute atomic E-state index is 0.200. The lowest BCUT2D eigenvalue weighted by Crippen LogP contribution is -2.39. The summed E-state index contributed by atoms with van der Waals surface area (Å²) in [4.78, 5) is 12.2. The van der Waals surface area contributed by atoms with E-state index in [0.717, 1.165) is 11.8 Å². The van der Waals surface area contributed by atoms with Crippen LogP contribution >= 0.6 is 0 Å². The maximum Gasteiger partial charge on any atom is 0.224 e. The summed E-state index contributed by atoms with van der Waals surface area (Å²) in [5.41, 5.74) is 3.61. The molecule has 2 saturated carbocycles. The highest BCUT2D eigenvalue weighted by Gasteiger charge is 2.39. The first-order chi connectivity index (χ1) is 9.11. The molecule has 2 aliphatic rings. The summed E-state index contributed by atoms with van der Waals surface area (Å²) in [6.45, 7) is 4.16. The molecule has 0 unspecified atom stereocenters. The molecule has 3 atom stereocenters. The molecule has 0 radical (unpaired) electrons. The molecule has 2 nitrogen and oxygen atoms in total. The third-order valence-electron chi connectivity index (χ3n) is 4.94. The zero-order valence-corrected chi connectivity index (χ0v) is 11.9. The van der Waals surface area contributed by atoms with E-state index in [1.54, 1.807) is 0 Å². The molecule has 1 N–H and O–H groups in total. The molecule has 1 aromatic rings. The van der Waals surface area contributed by atoms with Crippen LogP contribution in [0.3, 0.4) is 0 Å². The van der Waals surface area contributed by atoms with Crippen LogP contribution in [-0.4, -0.2) is 11.9 Å². The fourth-order valence-electron chi connectivity index (χ4n) is 3.84. The first-order valence-electron chi connectivity index (χ1n) is 7.47. The van der Waals surface area contributed by atoms with Gasteiger partial charge in [0.05, 0.1) is 6.42 Å². The molecular weight excluding hydrogens is 234 g/mol. The molecule has 1 aromatic carbocycles. The van der Waals surface area contributed by atoms with Crippen molar-refractivity contribution in [3.8, 4) is 0 Å². The van der Waals surface area contributed by atoms with E-state index in [1.165, 1.54) is 42.4 Å². The van der Waals surface area contributed by atoms with Crippen LogP contribution in [-0.2, 0) is 11.2 Å². The number of aryl methyl sites for hydroxylation is 2. The van der Waals surface area contributed by atoms with Gasteiger partial charge in [0, 0.05) is 6.04 Å². The van der Waals surface area contributed by atoms with Crippen molar-refractivity contribution >= 4 is 5.91 Å². The van der Waals surface area contributed by atoms with Crippen molar-refractivity contribution in [3.05, 3.63) is 34.9 Å². The molecule has 2 fully saturated rings. The second-order valence-corrected chi connectivity index (χ2v) is 6.46. The fourth-order valence-corrected chi connectivity index (χ4v) is 3.84. The molecule has 19 heavy (non-hydrogen) atoms. The number of nitrogens with one attached hydrogen (secondary N) is 1. The van der Waals surface area contributed by atoms with Gasteiger partial charge in [0.15, 0.2) is 0 Å². The second kappa shape index (κ2) is 4.99. The van der Waals surface area contributed by atoms with Crippen LogP contribution in [0.5, 0.6) is 0 Å². The van der Waals surface area contributed by atoms with E-state index in [0.29, 0.717) is 12.5 Å². The summed E-state index contributed by atoms with van der Waals surface area (Å²) in [6.07, 6.45) is 5.78. The van der Waals surface area contributed by atoms with Gasteiger partial charge in [-0.15, -0.1) is 0 Å². The van der Waals surface area contributed by atoms with E-state index >= 15 is 0 Å². The normalized spacial score (nSPS) is 28.6. The number of carbonyl (C=O) groups excluding carboxylic acids is 1. The number of fused-ring (bicyclic) bond motifs is 2. The predicted octanol–water partition coefficient (Wildman–Crippen LogP) is 3.15. The number of carbonyl (C=O) groups is 1. The van der Waals surface area contributed by atoms with Gasteiger partial charge in [0.1, 0.15) is 0 Å². The van der Waals surface area contributed by atoms with Crippen molar-refractivity contribution in [2.45, 2.75) is 52.0 Å². The molecule has 102 valence electrons. The van der Waals surface area contributed by atoms with Crippen LogP contribution in [0, 0.1) is 25.7 Å². The smallest absolute Gasteiger partial charge is 0.224 e. The lowest BCUT2D eigenvalue weighted by atomic mass is 9.95. The van der Waals surface area contributed by atoms with E-state index in [9.17, 15) is 4.79 Å². The molecule has 0 saturated heterocycles. The van der Waals surface area contributed by atoms with Crippen molar-refractivity contribution in [1.29, 1.82) is 0 Å². The summed E-state index contributed by atoms with van der Waals surface area (Å²) in [5, 5.41) is 3.27. The lowest BCUT2D eigenvalue weighted by Gasteiger charge is -2.23. The van der Waals surface area contributed by atoms with Crippen molar-refractivity contribution in [2.24, 2.45) is 11.8 Å². The molecule has 0 aromatic heterocycles. The minimum Gasteiger partial charge on any atom is -0.353 e. The molecule has 3 rings (SSSR count). The van der Waals surface area contributed by atoms with Crippen molar-refractivity contribution in [2.75, 3.05) is 0 Å². The molecule has 0 heterocycles. The number of hydrogen-bond acceptors (Lipinski definition) is 1. The fraction of sp³-hybridized carbons (Fsp3) is 0.588. The van der Waals surface area contributed by atoms with Crippen LogP contribution in [0.1, 0.15) is 42.4 Å². The first-order valence-corrected chi connectivity index (χ1v) is 7.47. The number of hydrogen-bond donors (Lipinski definition) is 1. The number of benzene rings is 1. The summed E-state index contributed by atoms with van der Waals surface area (Å²) in [5.74, 6) is 1.84. The standard InChI is InChI=1S/C17H23NO/c1-11-3-4-12(2)15(7-11)10-17(19)18-16-9-13-5-6-14(16)8-13/h3-4,7,13-14,16H,5-6,8-10H2,1-2H3,(H,18,19)/t13-,14-,16+/m1/s1.